The van der Waals surface area contributed by atoms with Gasteiger partial charge < -0.3 is 0 Å². The van der Waals surface area contributed by atoms with Crippen LogP contribution in [0.1, 0.15) is 42.0 Å². The van der Waals surface area contributed by atoms with Gasteiger partial charge in [-0.05, 0) is 49.2 Å². The predicted molar refractivity (Wildman–Crippen MR) is 121 cm³/mol. The molecule has 3 rings (SSSR count). The molecule has 0 unspecified atom stereocenters. The Morgan fingerprint density at radius 3 is 1.43 bits per heavy atom. The number of hydrogen-bond donors (Lipinski definition) is 0. The number of alkyl halides is 1. The van der Waals surface area contributed by atoms with E-state index in [1.54, 1.807) is 48.5 Å². The average Bonchev–Trinajstić information content (AvgIpc) is 2.80. The highest BCUT2D eigenvalue weighted by Gasteiger charge is 2.16. The second-order valence-electron chi connectivity index (χ2n) is 6.59. The van der Waals surface area contributed by atoms with Crippen molar-refractivity contribution in [1.29, 1.82) is 21.0 Å². The molecule has 148 valence electrons. The number of rotatable bonds is 2. The molecule has 0 aromatic heterocycles. The molecule has 0 bridgehead atoms. The minimum atomic E-state index is 0.321. The lowest BCUT2D eigenvalue weighted by Crippen LogP contribution is -2.11. The van der Waals surface area contributed by atoms with Crippen molar-refractivity contribution in [2.75, 3.05) is 5.33 Å². The lowest BCUT2D eigenvalue weighted by atomic mass is 9.84. The summed E-state index contributed by atoms with van der Waals surface area (Å²) in [5.41, 5.74) is 2.43. The first-order valence-electron chi connectivity index (χ1n) is 9.22. The molecule has 4 nitrogen and oxygen atoms in total. The highest BCUT2D eigenvalue weighted by Crippen LogP contribution is 2.28. The monoisotopic (exact) mass is 456 g/mol. The van der Waals surface area contributed by atoms with Crippen LogP contribution in [0, 0.1) is 50.7 Å². The van der Waals surface area contributed by atoms with Crippen molar-refractivity contribution in [1.82, 2.24) is 0 Å². The van der Waals surface area contributed by atoms with E-state index >= 15 is 0 Å². The van der Waals surface area contributed by atoms with E-state index in [9.17, 15) is 0 Å². The van der Waals surface area contributed by atoms with Gasteiger partial charge in [0, 0.05) is 10.7 Å². The highest BCUT2D eigenvalue weighted by molar-refractivity contribution is 9.09. The number of hydrogen-bond acceptors (Lipinski definition) is 4. The van der Waals surface area contributed by atoms with Crippen LogP contribution in [0.5, 0.6) is 0 Å². The van der Waals surface area contributed by atoms with Crippen LogP contribution in [0.2, 0.25) is 0 Å². The summed E-state index contributed by atoms with van der Waals surface area (Å²) in [5.74, 6) is 0. The molecule has 1 aliphatic rings. The molecule has 0 radical (unpaired) electrons. The second-order valence-corrected chi connectivity index (χ2v) is 7.39. The van der Waals surface area contributed by atoms with Gasteiger partial charge in [-0.15, -0.1) is 0 Å². The van der Waals surface area contributed by atoms with Crippen molar-refractivity contribution in [3.05, 3.63) is 95.1 Å². The SMILES string of the molecule is CC1(CCBr)C=CCC=C1.N#Cc1cccc(C#N)c1.N#Cc1cccc(C#N)c1. The van der Waals surface area contributed by atoms with E-state index in [1.807, 2.05) is 24.3 Å². The summed E-state index contributed by atoms with van der Waals surface area (Å²) in [4.78, 5) is 0. The highest BCUT2D eigenvalue weighted by atomic mass is 79.9. The van der Waals surface area contributed by atoms with Crippen LogP contribution in [-0.2, 0) is 0 Å². The van der Waals surface area contributed by atoms with Crippen molar-refractivity contribution in [3.63, 3.8) is 0 Å². The fourth-order valence-electron chi connectivity index (χ4n) is 2.50. The molecule has 2 aromatic rings. The standard InChI is InChI=1S/C9H13Br.2C8H4N2/c1-9(7-8-10)5-3-2-4-6-9;2*9-5-7-2-1-3-8(4-7)6-10/h3-6H,2,7-8H2,1H3;2*1-4H. The zero-order chi connectivity index (χ0) is 22.2. The Hall–Kier alpha value is -3.64. The third kappa shape index (κ3) is 9.03. The molecule has 0 amide bonds. The number of benzene rings is 2. The summed E-state index contributed by atoms with van der Waals surface area (Å²) in [6.45, 7) is 2.26. The number of allylic oxidation sites excluding steroid dienone is 4. The van der Waals surface area contributed by atoms with Gasteiger partial charge in [0.2, 0.25) is 0 Å². The summed E-state index contributed by atoms with van der Waals surface area (Å²) >= 11 is 3.45. The second kappa shape index (κ2) is 13.5. The Kier molecular flexibility index (Phi) is 11.0. The zero-order valence-corrected chi connectivity index (χ0v) is 18.3. The molecule has 0 spiro atoms. The molecule has 0 saturated carbocycles. The number of halogens is 1. The zero-order valence-electron chi connectivity index (χ0n) is 16.7. The fraction of sp³-hybridized carbons (Fsp3) is 0.200. The molecular weight excluding hydrogens is 436 g/mol. The average molecular weight is 457 g/mol. The lowest BCUT2D eigenvalue weighted by molar-refractivity contribution is 0.529. The molecule has 5 heteroatoms. The van der Waals surface area contributed by atoms with Gasteiger partial charge in [-0.25, -0.2) is 0 Å². The Morgan fingerprint density at radius 2 is 1.13 bits per heavy atom. The molecule has 0 fully saturated rings. The van der Waals surface area contributed by atoms with Crippen molar-refractivity contribution in [2.45, 2.75) is 19.8 Å². The molecule has 0 saturated heterocycles. The molecule has 0 atom stereocenters. The molecule has 0 aliphatic heterocycles. The summed E-state index contributed by atoms with van der Waals surface area (Å²) in [5, 5.41) is 34.7. The topological polar surface area (TPSA) is 95.2 Å². The van der Waals surface area contributed by atoms with Crippen LogP contribution >= 0.6 is 15.9 Å². The molecule has 30 heavy (non-hydrogen) atoms. The van der Waals surface area contributed by atoms with Gasteiger partial charge in [-0.1, -0.05) is 59.3 Å². The van der Waals surface area contributed by atoms with Gasteiger partial charge in [-0.3, -0.25) is 0 Å². The number of nitrogens with zero attached hydrogens (tertiary/aromatic N) is 4. The first-order valence-corrected chi connectivity index (χ1v) is 10.3. The molecule has 1 aliphatic carbocycles. The third-order valence-electron chi connectivity index (χ3n) is 4.14. The Morgan fingerprint density at radius 1 is 0.767 bits per heavy atom. The van der Waals surface area contributed by atoms with E-state index in [0.29, 0.717) is 27.7 Å². The predicted octanol–water partition coefficient (Wildman–Crippen LogP) is 6.15. The van der Waals surface area contributed by atoms with Gasteiger partial charge in [0.1, 0.15) is 0 Å². The minimum absolute atomic E-state index is 0.321. The fourth-order valence-corrected chi connectivity index (χ4v) is 3.35. The first-order chi connectivity index (χ1) is 14.5. The summed E-state index contributed by atoms with van der Waals surface area (Å²) in [7, 11) is 0. The summed E-state index contributed by atoms with van der Waals surface area (Å²) in [6.07, 6.45) is 11.4. The Labute approximate surface area is 186 Å². The van der Waals surface area contributed by atoms with Crippen molar-refractivity contribution in [3.8, 4) is 24.3 Å². The van der Waals surface area contributed by atoms with E-state index in [1.165, 1.54) is 6.42 Å². The molecule has 0 N–H and O–H groups in total. The van der Waals surface area contributed by atoms with E-state index in [-0.39, 0.29) is 0 Å². The number of nitriles is 4. The van der Waals surface area contributed by atoms with Gasteiger partial charge in [0.15, 0.2) is 0 Å². The minimum Gasteiger partial charge on any atom is -0.192 e. The van der Waals surface area contributed by atoms with E-state index in [0.717, 1.165) is 11.8 Å². The third-order valence-corrected chi connectivity index (χ3v) is 4.54. The Balaban J connectivity index is 0.000000225. The van der Waals surface area contributed by atoms with Gasteiger partial charge in [-0.2, -0.15) is 21.0 Å². The van der Waals surface area contributed by atoms with Crippen LogP contribution < -0.4 is 0 Å². The maximum atomic E-state index is 8.40. The van der Waals surface area contributed by atoms with Crippen molar-refractivity contribution >= 4 is 15.9 Å². The van der Waals surface area contributed by atoms with Gasteiger partial charge >= 0.3 is 0 Å². The lowest BCUT2D eigenvalue weighted by Gasteiger charge is -2.22. The maximum absolute atomic E-state index is 8.40. The Bertz CT molecular complexity index is 918. The normalized spacial score (nSPS) is 12.3. The largest absolute Gasteiger partial charge is 0.192 e. The van der Waals surface area contributed by atoms with Gasteiger partial charge in [0.05, 0.1) is 46.5 Å². The van der Waals surface area contributed by atoms with E-state index in [2.05, 4.69) is 47.2 Å². The summed E-state index contributed by atoms with van der Waals surface area (Å²) in [6, 6.07) is 21.0. The van der Waals surface area contributed by atoms with Crippen molar-refractivity contribution < 1.29 is 0 Å². The van der Waals surface area contributed by atoms with Crippen LogP contribution in [0.4, 0.5) is 0 Å². The quantitative estimate of drug-likeness (QED) is 0.399. The van der Waals surface area contributed by atoms with Crippen LogP contribution in [0.15, 0.2) is 72.8 Å². The van der Waals surface area contributed by atoms with Crippen molar-refractivity contribution in [2.24, 2.45) is 5.41 Å². The van der Waals surface area contributed by atoms with E-state index in [4.69, 9.17) is 21.0 Å². The van der Waals surface area contributed by atoms with Crippen LogP contribution in [0.25, 0.3) is 0 Å². The van der Waals surface area contributed by atoms with Crippen LogP contribution in [-0.4, -0.2) is 5.33 Å². The maximum Gasteiger partial charge on any atom is 0.0992 e. The van der Waals surface area contributed by atoms with Gasteiger partial charge in [0.25, 0.3) is 0 Å². The molecular formula is C25H21BrN4. The van der Waals surface area contributed by atoms with Crippen LogP contribution in [0.3, 0.4) is 0 Å². The summed E-state index contributed by atoms with van der Waals surface area (Å²) < 4.78 is 0. The molecule has 0 heterocycles. The molecule has 2 aromatic carbocycles. The first kappa shape index (κ1) is 24.4. The van der Waals surface area contributed by atoms with E-state index < -0.39 is 0 Å². The smallest absolute Gasteiger partial charge is 0.0992 e.